The molecular formula is C15H28N4O4. The Labute approximate surface area is 137 Å². The van der Waals surface area contributed by atoms with Crippen LogP contribution in [0.15, 0.2) is 0 Å². The van der Waals surface area contributed by atoms with Gasteiger partial charge in [0, 0.05) is 19.6 Å². The predicted octanol–water partition coefficient (Wildman–Crippen LogP) is 0.548. The molecule has 2 fully saturated rings. The van der Waals surface area contributed by atoms with Gasteiger partial charge >= 0.3 is 6.03 Å². The molecule has 132 valence electrons. The lowest BCUT2D eigenvalue weighted by atomic mass is 10.2. The Morgan fingerprint density at radius 1 is 1.17 bits per heavy atom. The van der Waals surface area contributed by atoms with E-state index in [1.807, 2.05) is 30.8 Å². The van der Waals surface area contributed by atoms with E-state index in [4.69, 9.17) is 9.47 Å². The van der Waals surface area contributed by atoms with Crippen LogP contribution < -0.4 is 0 Å². The van der Waals surface area contributed by atoms with Crippen molar-refractivity contribution in [2.45, 2.75) is 39.3 Å². The van der Waals surface area contributed by atoms with E-state index in [1.54, 1.807) is 5.01 Å². The second-order valence-corrected chi connectivity index (χ2v) is 6.04. The number of ether oxygens (including phenoxy) is 2. The van der Waals surface area contributed by atoms with E-state index >= 15 is 0 Å². The molecule has 23 heavy (non-hydrogen) atoms. The highest BCUT2D eigenvalue weighted by Crippen LogP contribution is 2.18. The summed E-state index contributed by atoms with van der Waals surface area (Å²) >= 11 is 0. The smallest absolute Gasteiger partial charge is 0.356 e. The van der Waals surface area contributed by atoms with Crippen molar-refractivity contribution in [1.29, 1.82) is 0 Å². The Balaban J connectivity index is 2.15. The first-order valence-corrected chi connectivity index (χ1v) is 8.34. The summed E-state index contributed by atoms with van der Waals surface area (Å²) in [7, 11) is 0. The molecule has 2 aliphatic heterocycles. The number of carbonyl (C=O) groups excluding carboxylic acids is 2. The van der Waals surface area contributed by atoms with Crippen LogP contribution in [0.5, 0.6) is 0 Å². The molecule has 0 aromatic rings. The summed E-state index contributed by atoms with van der Waals surface area (Å²) in [6.45, 7) is 10.0. The Kier molecular flexibility index (Phi) is 6.76. The average Bonchev–Trinajstić information content (AvgIpc) is 2.56. The number of hydrazine groups is 2. The van der Waals surface area contributed by atoms with Gasteiger partial charge in [0.15, 0.2) is 0 Å². The van der Waals surface area contributed by atoms with Crippen molar-refractivity contribution >= 4 is 12.4 Å². The molecule has 8 nitrogen and oxygen atoms in total. The van der Waals surface area contributed by atoms with Gasteiger partial charge in [0.05, 0.1) is 38.5 Å². The van der Waals surface area contributed by atoms with E-state index < -0.39 is 0 Å². The fourth-order valence-corrected chi connectivity index (χ4v) is 3.10. The largest absolute Gasteiger partial charge is 0.379 e. The van der Waals surface area contributed by atoms with Gasteiger partial charge in [0.25, 0.3) is 0 Å². The van der Waals surface area contributed by atoms with Gasteiger partial charge in [-0.05, 0) is 20.3 Å². The molecule has 2 atom stereocenters. The molecule has 0 saturated carbocycles. The molecule has 8 heteroatoms. The molecule has 2 aliphatic rings. The van der Waals surface area contributed by atoms with Gasteiger partial charge in [-0.1, -0.05) is 6.92 Å². The van der Waals surface area contributed by atoms with Gasteiger partial charge in [-0.25, -0.2) is 9.80 Å². The van der Waals surface area contributed by atoms with Gasteiger partial charge in [0.2, 0.25) is 6.41 Å². The SMILES string of the molecule is CCCN(C(=O)N(C=O)N1C(C)COCC1C)N1CCOCC1. The number of amides is 3. The van der Waals surface area contributed by atoms with E-state index in [2.05, 4.69) is 0 Å². The Morgan fingerprint density at radius 3 is 2.30 bits per heavy atom. The minimum absolute atomic E-state index is 0.0268. The van der Waals surface area contributed by atoms with E-state index in [0.29, 0.717) is 52.5 Å². The third kappa shape index (κ3) is 4.20. The number of urea groups is 1. The maximum absolute atomic E-state index is 13.0. The topological polar surface area (TPSA) is 65.6 Å². The lowest BCUT2D eigenvalue weighted by Gasteiger charge is -2.45. The summed E-state index contributed by atoms with van der Waals surface area (Å²) < 4.78 is 10.8. The predicted molar refractivity (Wildman–Crippen MR) is 84.3 cm³/mol. The average molecular weight is 328 g/mol. The van der Waals surface area contributed by atoms with Crippen LogP contribution in [0.4, 0.5) is 4.79 Å². The number of rotatable bonds is 5. The fourth-order valence-electron chi connectivity index (χ4n) is 3.10. The van der Waals surface area contributed by atoms with Crippen LogP contribution in [0.25, 0.3) is 0 Å². The molecule has 0 bridgehead atoms. The molecule has 0 aromatic heterocycles. The first kappa shape index (κ1) is 18.1. The summed E-state index contributed by atoms with van der Waals surface area (Å²) in [5.74, 6) is 0. The molecule has 2 rings (SSSR count). The molecule has 0 N–H and O–H groups in total. The minimum Gasteiger partial charge on any atom is -0.379 e. The second-order valence-electron chi connectivity index (χ2n) is 6.04. The zero-order valence-corrected chi connectivity index (χ0v) is 14.3. The summed E-state index contributed by atoms with van der Waals surface area (Å²) in [4.78, 5) is 24.7. The Bertz CT molecular complexity index is 393. The molecule has 2 heterocycles. The number of imide groups is 1. The van der Waals surface area contributed by atoms with Crippen LogP contribution in [-0.4, -0.2) is 90.6 Å². The van der Waals surface area contributed by atoms with Crippen molar-refractivity contribution in [3.63, 3.8) is 0 Å². The van der Waals surface area contributed by atoms with Crippen LogP contribution in [-0.2, 0) is 14.3 Å². The highest BCUT2D eigenvalue weighted by molar-refractivity contribution is 5.83. The Hall–Kier alpha value is -1.22. The molecule has 0 aliphatic carbocycles. The number of nitrogens with zero attached hydrogens (tertiary/aromatic N) is 4. The first-order valence-electron chi connectivity index (χ1n) is 8.34. The van der Waals surface area contributed by atoms with E-state index in [0.717, 1.165) is 6.42 Å². The standard InChI is InChI=1S/C15H28N4O4/c1-4-5-17(16-6-8-22-9-7-16)15(21)18(12-20)19-13(2)10-23-11-14(19)3/h12-14H,4-11H2,1-3H3. The van der Waals surface area contributed by atoms with Crippen molar-refractivity contribution < 1.29 is 19.1 Å². The third-order valence-electron chi connectivity index (χ3n) is 4.15. The zero-order chi connectivity index (χ0) is 16.8. The second kappa shape index (κ2) is 8.58. The maximum atomic E-state index is 13.0. The lowest BCUT2D eigenvalue weighted by molar-refractivity contribution is -0.161. The molecular weight excluding hydrogens is 300 g/mol. The van der Waals surface area contributed by atoms with Crippen molar-refractivity contribution in [2.24, 2.45) is 0 Å². The normalized spacial score (nSPS) is 26.7. The Morgan fingerprint density at radius 2 is 1.78 bits per heavy atom. The van der Waals surface area contributed by atoms with Gasteiger partial charge in [-0.3, -0.25) is 9.80 Å². The van der Waals surface area contributed by atoms with Gasteiger partial charge in [-0.15, -0.1) is 0 Å². The van der Waals surface area contributed by atoms with Crippen LogP contribution >= 0.6 is 0 Å². The summed E-state index contributed by atoms with van der Waals surface area (Å²) in [5.41, 5.74) is 0. The summed E-state index contributed by atoms with van der Waals surface area (Å²) in [5, 5.41) is 6.68. The number of morpholine rings is 2. The van der Waals surface area contributed by atoms with Crippen LogP contribution in [0.1, 0.15) is 27.2 Å². The highest BCUT2D eigenvalue weighted by Gasteiger charge is 2.36. The molecule has 2 saturated heterocycles. The molecule has 0 spiro atoms. The van der Waals surface area contributed by atoms with Gasteiger partial charge < -0.3 is 9.47 Å². The van der Waals surface area contributed by atoms with Gasteiger partial charge in [0.1, 0.15) is 0 Å². The van der Waals surface area contributed by atoms with Gasteiger partial charge in [-0.2, -0.15) is 10.0 Å². The lowest BCUT2D eigenvalue weighted by Crippen LogP contribution is -2.64. The van der Waals surface area contributed by atoms with Crippen molar-refractivity contribution in [1.82, 2.24) is 20.0 Å². The van der Waals surface area contributed by atoms with Crippen molar-refractivity contribution in [3.05, 3.63) is 0 Å². The number of hydrogen-bond acceptors (Lipinski definition) is 6. The molecule has 0 radical (unpaired) electrons. The van der Waals surface area contributed by atoms with Crippen LogP contribution in [0.2, 0.25) is 0 Å². The monoisotopic (exact) mass is 328 g/mol. The summed E-state index contributed by atoms with van der Waals surface area (Å²) in [6, 6.07) is -0.355. The molecule has 2 unspecified atom stereocenters. The highest BCUT2D eigenvalue weighted by atomic mass is 16.5. The van der Waals surface area contributed by atoms with Crippen molar-refractivity contribution in [3.8, 4) is 0 Å². The van der Waals surface area contributed by atoms with Crippen molar-refractivity contribution in [2.75, 3.05) is 46.1 Å². The summed E-state index contributed by atoms with van der Waals surface area (Å²) in [6.07, 6.45) is 1.44. The van der Waals surface area contributed by atoms with E-state index in [9.17, 15) is 9.59 Å². The zero-order valence-electron chi connectivity index (χ0n) is 14.3. The quantitative estimate of drug-likeness (QED) is 0.687. The molecule has 3 amide bonds. The molecule has 0 aromatic carbocycles. The number of hydrogen-bond donors (Lipinski definition) is 0. The van der Waals surface area contributed by atoms with Crippen LogP contribution in [0.3, 0.4) is 0 Å². The van der Waals surface area contributed by atoms with Crippen LogP contribution in [0, 0.1) is 0 Å². The van der Waals surface area contributed by atoms with E-state index in [-0.39, 0.29) is 18.1 Å². The minimum atomic E-state index is -0.302. The van der Waals surface area contributed by atoms with E-state index in [1.165, 1.54) is 5.01 Å². The number of carbonyl (C=O) groups is 2. The fraction of sp³-hybridized carbons (Fsp3) is 0.867. The first-order chi connectivity index (χ1) is 11.1. The maximum Gasteiger partial charge on any atom is 0.356 e. The third-order valence-corrected chi connectivity index (χ3v) is 4.15.